The van der Waals surface area contributed by atoms with Gasteiger partial charge in [-0.2, -0.15) is 13.5 Å². The highest BCUT2D eigenvalue weighted by molar-refractivity contribution is 7.92. The van der Waals surface area contributed by atoms with Gasteiger partial charge in [0.05, 0.1) is 24.4 Å². The van der Waals surface area contributed by atoms with Crippen molar-refractivity contribution in [1.29, 1.82) is 0 Å². The molecule has 34 heavy (non-hydrogen) atoms. The van der Waals surface area contributed by atoms with Gasteiger partial charge in [-0.05, 0) is 54.8 Å². The minimum absolute atomic E-state index is 0.0195. The minimum Gasteiger partial charge on any atom is -0.394 e. The number of nitrogens with one attached hydrogen (secondary N) is 1. The first-order chi connectivity index (χ1) is 16.1. The smallest absolute Gasteiger partial charge is 0.283 e. The summed E-state index contributed by atoms with van der Waals surface area (Å²) in [6.07, 6.45) is 2.67. The van der Waals surface area contributed by atoms with Crippen LogP contribution in [0.1, 0.15) is 42.6 Å². The molecule has 0 radical (unpaired) electrons. The maximum absolute atomic E-state index is 13.6. The van der Waals surface area contributed by atoms with Gasteiger partial charge in [0, 0.05) is 23.8 Å². The minimum atomic E-state index is -4.04. The normalized spacial score (nSPS) is 11.9. The van der Waals surface area contributed by atoms with E-state index in [0.29, 0.717) is 23.6 Å². The van der Waals surface area contributed by atoms with E-state index in [4.69, 9.17) is 11.6 Å². The van der Waals surface area contributed by atoms with Crippen molar-refractivity contribution in [3.05, 3.63) is 76.9 Å². The molecule has 0 saturated carbocycles. The third-order valence-electron chi connectivity index (χ3n) is 5.91. The zero-order valence-corrected chi connectivity index (χ0v) is 21.0. The van der Waals surface area contributed by atoms with Crippen molar-refractivity contribution in [2.24, 2.45) is 7.05 Å². The number of aryl methyl sites for hydroxylation is 1. The number of nitrogens with zero attached hydrogens (tertiary/aromatic N) is 3. The zero-order chi connectivity index (χ0) is 24.9. The maximum Gasteiger partial charge on any atom is 0.283 e. The van der Waals surface area contributed by atoms with Gasteiger partial charge in [0.15, 0.2) is 5.03 Å². The Balaban J connectivity index is 2.02. The number of carbonyl (C=O) groups is 1. The molecule has 1 amide bonds. The molecule has 3 rings (SSSR count). The summed E-state index contributed by atoms with van der Waals surface area (Å²) in [6, 6.07) is 14.7. The summed E-state index contributed by atoms with van der Waals surface area (Å²) in [6.45, 7) is 3.61. The van der Waals surface area contributed by atoms with E-state index < -0.39 is 15.6 Å². The van der Waals surface area contributed by atoms with Gasteiger partial charge in [0.25, 0.3) is 15.9 Å². The molecule has 8 nitrogen and oxygen atoms in total. The molecule has 0 atom stereocenters. The number of benzene rings is 2. The molecule has 2 N–H and O–H groups in total. The van der Waals surface area contributed by atoms with Crippen LogP contribution in [0.3, 0.4) is 0 Å². The second-order valence-electron chi connectivity index (χ2n) is 8.12. The predicted octanol–water partition coefficient (Wildman–Crippen LogP) is 3.75. The molecule has 2 aromatic carbocycles. The van der Waals surface area contributed by atoms with E-state index in [1.54, 1.807) is 55.7 Å². The molecule has 0 aliphatic rings. The van der Waals surface area contributed by atoms with Crippen molar-refractivity contribution in [1.82, 2.24) is 15.1 Å². The van der Waals surface area contributed by atoms with Crippen LogP contribution < -0.4 is 9.62 Å². The summed E-state index contributed by atoms with van der Waals surface area (Å²) in [5.41, 5.74) is 0.580. The lowest BCUT2D eigenvalue weighted by atomic mass is 9.93. The Bertz CT molecular complexity index is 1230. The quantitative estimate of drug-likeness (QED) is 0.437. The van der Waals surface area contributed by atoms with Gasteiger partial charge in [-0.1, -0.05) is 43.6 Å². The number of amides is 1. The van der Waals surface area contributed by atoms with Gasteiger partial charge >= 0.3 is 0 Å². The van der Waals surface area contributed by atoms with E-state index in [0.717, 1.165) is 5.56 Å². The Morgan fingerprint density at radius 3 is 2.38 bits per heavy atom. The van der Waals surface area contributed by atoms with Crippen molar-refractivity contribution in [2.45, 2.75) is 43.8 Å². The van der Waals surface area contributed by atoms with Crippen molar-refractivity contribution in [2.75, 3.05) is 10.9 Å². The Morgan fingerprint density at radius 1 is 1.15 bits per heavy atom. The lowest BCUT2D eigenvalue weighted by molar-refractivity contribution is 0.0818. The van der Waals surface area contributed by atoms with Crippen LogP contribution in [0.25, 0.3) is 0 Å². The van der Waals surface area contributed by atoms with Gasteiger partial charge < -0.3 is 10.4 Å². The van der Waals surface area contributed by atoms with Gasteiger partial charge in [0.1, 0.15) is 0 Å². The van der Waals surface area contributed by atoms with Crippen LogP contribution in [-0.4, -0.2) is 41.4 Å². The number of aliphatic hydroxyl groups is 1. The first-order valence-corrected chi connectivity index (χ1v) is 12.8. The fourth-order valence-electron chi connectivity index (χ4n) is 3.52. The molecule has 0 aliphatic heterocycles. The summed E-state index contributed by atoms with van der Waals surface area (Å²) in [5.74, 6) is -0.388. The predicted molar refractivity (Wildman–Crippen MR) is 132 cm³/mol. The van der Waals surface area contributed by atoms with E-state index in [2.05, 4.69) is 10.4 Å². The lowest BCUT2D eigenvalue weighted by Crippen LogP contribution is -2.50. The third kappa shape index (κ3) is 5.60. The highest BCUT2D eigenvalue weighted by Gasteiger charge is 2.30. The van der Waals surface area contributed by atoms with Crippen LogP contribution in [0.5, 0.6) is 0 Å². The Labute approximate surface area is 205 Å². The van der Waals surface area contributed by atoms with Gasteiger partial charge in [-0.25, -0.2) is 0 Å². The molecule has 10 heteroatoms. The Hall–Kier alpha value is -2.88. The number of anilines is 1. The van der Waals surface area contributed by atoms with Gasteiger partial charge in [-0.15, -0.1) is 0 Å². The first-order valence-electron chi connectivity index (χ1n) is 10.9. The second kappa shape index (κ2) is 10.6. The number of aliphatic hydroxyl groups excluding tert-OH is 1. The molecular weight excluding hydrogens is 476 g/mol. The summed E-state index contributed by atoms with van der Waals surface area (Å²) >= 11 is 5.99. The number of sulfonamides is 1. The van der Waals surface area contributed by atoms with E-state index in [1.807, 2.05) is 13.8 Å². The lowest BCUT2D eigenvalue weighted by Gasteiger charge is -2.31. The summed E-state index contributed by atoms with van der Waals surface area (Å²) in [5, 5.41) is 17.2. The van der Waals surface area contributed by atoms with Crippen LogP contribution in [-0.2, 0) is 23.6 Å². The first kappa shape index (κ1) is 25.7. The number of aromatic nitrogens is 2. The van der Waals surface area contributed by atoms with Crippen molar-refractivity contribution >= 4 is 33.2 Å². The monoisotopic (exact) mass is 504 g/mol. The van der Waals surface area contributed by atoms with E-state index in [9.17, 15) is 18.3 Å². The van der Waals surface area contributed by atoms with Crippen LogP contribution in [0.4, 0.5) is 5.69 Å². The molecule has 0 bridgehead atoms. The van der Waals surface area contributed by atoms with E-state index >= 15 is 0 Å². The summed E-state index contributed by atoms with van der Waals surface area (Å²) < 4.78 is 29.7. The van der Waals surface area contributed by atoms with Gasteiger partial charge in [0.2, 0.25) is 0 Å². The SMILES string of the molecule is CCC(CC)(CO)NC(=O)c1cccc(N(Cc2ccc(Cl)cc2)S(=O)(=O)c2ccn(C)n2)c1. The van der Waals surface area contributed by atoms with Crippen LogP contribution in [0.15, 0.2) is 65.8 Å². The third-order valence-corrected chi connectivity index (χ3v) is 7.83. The highest BCUT2D eigenvalue weighted by Crippen LogP contribution is 2.27. The number of halogens is 1. The number of hydrogen-bond acceptors (Lipinski definition) is 5. The number of hydrogen-bond donors (Lipinski definition) is 2. The topological polar surface area (TPSA) is 105 Å². The van der Waals surface area contributed by atoms with Crippen molar-refractivity contribution < 1.29 is 18.3 Å². The van der Waals surface area contributed by atoms with Crippen LogP contribution in [0, 0.1) is 0 Å². The fourth-order valence-corrected chi connectivity index (χ4v) is 5.05. The summed E-state index contributed by atoms with van der Waals surface area (Å²) in [4.78, 5) is 13.0. The number of rotatable bonds is 10. The molecule has 0 unspecified atom stereocenters. The zero-order valence-electron chi connectivity index (χ0n) is 19.4. The molecule has 182 valence electrons. The molecule has 0 spiro atoms. The van der Waals surface area contributed by atoms with E-state index in [1.165, 1.54) is 21.1 Å². The van der Waals surface area contributed by atoms with Crippen LogP contribution in [0.2, 0.25) is 5.02 Å². The highest BCUT2D eigenvalue weighted by atomic mass is 35.5. The fraction of sp³-hybridized carbons (Fsp3) is 0.333. The summed E-state index contributed by atoms with van der Waals surface area (Å²) in [7, 11) is -2.40. The Morgan fingerprint density at radius 2 is 1.82 bits per heavy atom. The van der Waals surface area contributed by atoms with E-state index in [-0.39, 0.29) is 29.6 Å². The molecule has 1 aromatic heterocycles. The molecular formula is C24H29ClN4O4S. The van der Waals surface area contributed by atoms with Crippen molar-refractivity contribution in [3.63, 3.8) is 0 Å². The standard InChI is InChI=1S/C24H29ClN4O4S/c1-4-24(5-2,17-30)26-23(31)19-7-6-8-21(15-19)29(16-18-9-11-20(25)12-10-18)34(32,33)22-13-14-28(3)27-22/h6-15,30H,4-5,16-17H2,1-3H3,(H,26,31). The number of carbonyl (C=O) groups excluding carboxylic acids is 1. The molecule has 1 heterocycles. The Kier molecular flexibility index (Phi) is 8.01. The second-order valence-corrected chi connectivity index (χ2v) is 10.4. The molecule has 0 aliphatic carbocycles. The molecule has 0 saturated heterocycles. The van der Waals surface area contributed by atoms with Gasteiger partial charge in [-0.3, -0.25) is 13.8 Å². The van der Waals surface area contributed by atoms with Crippen LogP contribution >= 0.6 is 11.6 Å². The average molecular weight is 505 g/mol. The maximum atomic E-state index is 13.6. The average Bonchev–Trinajstić information content (AvgIpc) is 3.29. The van der Waals surface area contributed by atoms with Crippen molar-refractivity contribution in [3.8, 4) is 0 Å². The molecule has 3 aromatic rings. The largest absolute Gasteiger partial charge is 0.394 e. The molecule has 0 fully saturated rings.